The lowest BCUT2D eigenvalue weighted by atomic mass is 10.2. The molecule has 6 nitrogen and oxygen atoms in total. The summed E-state index contributed by atoms with van der Waals surface area (Å²) in [6.45, 7) is 3.88. The number of rotatable bonds is 3. The lowest BCUT2D eigenvalue weighted by molar-refractivity contribution is 0.102. The van der Waals surface area contributed by atoms with Crippen molar-refractivity contribution in [2.45, 2.75) is 13.8 Å². The summed E-state index contributed by atoms with van der Waals surface area (Å²) in [5, 5.41) is 8.36. The number of aryl methyl sites for hydroxylation is 2. The zero-order chi connectivity index (χ0) is 19.0. The van der Waals surface area contributed by atoms with E-state index in [9.17, 15) is 4.79 Å². The molecule has 0 saturated heterocycles. The van der Waals surface area contributed by atoms with Gasteiger partial charge in [0.1, 0.15) is 0 Å². The molecule has 1 aromatic carbocycles. The standard InChI is InChI=1S/C20H16ClN5O/c1-12-3-5-15(6-4-12)26-19-17(13(2)25-26)18(21)16(11-23-19)20(27)24-14-7-9-22-10-8-14/h3-11H,1-2H3,(H,22,24,27). The molecule has 1 amide bonds. The minimum Gasteiger partial charge on any atom is -0.322 e. The van der Waals surface area contributed by atoms with Crippen molar-refractivity contribution in [2.75, 3.05) is 5.32 Å². The summed E-state index contributed by atoms with van der Waals surface area (Å²) in [5.74, 6) is -0.330. The van der Waals surface area contributed by atoms with Gasteiger partial charge < -0.3 is 5.32 Å². The molecule has 0 radical (unpaired) electrons. The molecule has 4 aromatic rings. The number of fused-ring (bicyclic) bond motifs is 1. The Morgan fingerprint density at radius 3 is 2.48 bits per heavy atom. The number of amides is 1. The van der Waals surface area contributed by atoms with E-state index in [1.165, 1.54) is 6.20 Å². The minimum absolute atomic E-state index is 0.299. The van der Waals surface area contributed by atoms with Gasteiger partial charge in [0.25, 0.3) is 5.91 Å². The maximum atomic E-state index is 12.6. The number of carbonyl (C=O) groups is 1. The van der Waals surface area contributed by atoms with Gasteiger partial charge in [0.2, 0.25) is 0 Å². The molecule has 0 aliphatic carbocycles. The van der Waals surface area contributed by atoms with Gasteiger partial charge in [-0.2, -0.15) is 5.10 Å². The summed E-state index contributed by atoms with van der Waals surface area (Å²) >= 11 is 6.57. The molecule has 27 heavy (non-hydrogen) atoms. The van der Waals surface area contributed by atoms with Crippen molar-refractivity contribution >= 4 is 34.2 Å². The molecule has 3 aromatic heterocycles. The Morgan fingerprint density at radius 1 is 1.07 bits per heavy atom. The fraction of sp³-hybridized carbons (Fsp3) is 0.100. The summed E-state index contributed by atoms with van der Waals surface area (Å²) in [6, 6.07) is 11.4. The van der Waals surface area contributed by atoms with Crippen LogP contribution >= 0.6 is 11.6 Å². The third-order valence-electron chi connectivity index (χ3n) is 4.27. The number of pyridine rings is 2. The van der Waals surface area contributed by atoms with Gasteiger partial charge in [0, 0.05) is 24.3 Å². The molecule has 0 atom stereocenters. The number of anilines is 1. The highest BCUT2D eigenvalue weighted by Gasteiger charge is 2.20. The van der Waals surface area contributed by atoms with E-state index in [2.05, 4.69) is 20.4 Å². The van der Waals surface area contributed by atoms with Crippen molar-refractivity contribution in [1.82, 2.24) is 19.7 Å². The lowest BCUT2D eigenvalue weighted by Gasteiger charge is -2.08. The zero-order valence-electron chi connectivity index (χ0n) is 14.8. The SMILES string of the molecule is Cc1ccc(-n2nc(C)c3c(Cl)c(C(=O)Nc4ccncc4)cnc32)cc1. The quantitative estimate of drug-likeness (QED) is 0.576. The predicted molar refractivity (Wildman–Crippen MR) is 106 cm³/mol. The van der Waals surface area contributed by atoms with Crippen LogP contribution in [0.5, 0.6) is 0 Å². The Labute approximate surface area is 160 Å². The first-order chi connectivity index (χ1) is 13.0. The number of benzene rings is 1. The van der Waals surface area contributed by atoms with Crippen LogP contribution < -0.4 is 5.32 Å². The van der Waals surface area contributed by atoms with Crippen LogP contribution in [0.4, 0.5) is 5.69 Å². The molecule has 0 aliphatic rings. The summed E-state index contributed by atoms with van der Waals surface area (Å²) in [5.41, 5.74) is 4.30. The number of aromatic nitrogens is 4. The number of halogens is 1. The molecule has 0 bridgehead atoms. The monoisotopic (exact) mass is 377 g/mol. The molecule has 3 heterocycles. The van der Waals surface area contributed by atoms with E-state index in [1.807, 2.05) is 38.1 Å². The zero-order valence-corrected chi connectivity index (χ0v) is 15.5. The van der Waals surface area contributed by atoms with Crippen LogP contribution in [-0.2, 0) is 0 Å². The minimum atomic E-state index is -0.330. The third-order valence-corrected chi connectivity index (χ3v) is 4.66. The van der Waals surface area contributed by atoms with Crippen molar-refractivity contribution < 1.29 is 4.79 Å². The first-order valence-electron chi connectivity index (χ1n) is 8.37. The van der Waals surface area contributed by atoms with E-state index in [0.29, 0.717) is 33.0 Å². The van der Waals surface area contributed by atoms with Crippen LogP contribution in [0.3, 0.4) is 0 Å². The van der Waals surface area contributed by atoms with Crippen molar-refractivity contribution in [3.05, 3.63) is 76.8 Å². The van der Waals surface area contributed by atoms with Gasteiger partial charge in [-0.1, -0.05) is 29.3 Å². The lowest BCUT2D eigenvalue weighted by Crippen LogP contribution is -2.13. The van der Waals surface area contributed by atoms with Crippen molar-refractivity contribution in [3.63, 3.8) is 0 Å². The van der Waals surface area contributed by atoms with Crippen LogP contribution in [0.2, 0.25) is 5.02 Å². The number of hydrogen-bond acceptors (Lipinski definition) is 4. The molecule has 134 valence electrons. The summed E-state index contributed by atoms with van der Waals surface area (Å²) in [7, 11) is 0. The topological polar surface area (TPSA) is 72.7 Å². The second-order valence-corrected chi connectivity index (χ2v) is 6.59. The van der Waals surface area contributed by atoms with Crippen LogP contribution in [0.1, 0.15) is 21.6 Å². The van der Waals surface area contributed by atoms with Gasteiger partial charge in [-0.25, -0.2) is 9.67 Å². The van der Waals surface area contributed by atoms with E-state index < -0.39 is 0 Å². The van der Waals surface area contributed by atoms with Gasteiger partial charge >= 0.3 is 0 Å². The maximum Gasteiger partial charge on any atom is 0.258 e. The Kier molecular flexibility index (Phi) is 4.33. The highest BCUT2D eigenvalue weighted by molar-refractivity contribution is 6.39. The van der Waals surface area contributed by atoms with Gasteiger partial charge in [-0.05, 0) is 38.1 Å². The molecular weight excluding hydrogens is 362 g/mol. The molecule has 0 spiro atoms. The highest BCUT2D eigenvalue weighted by atomic mass is 35.5. The van der Waals surface area contributed by atoms with Crippen LogP contribution in [-0.4, -0.2) is 25.7 Å². The van der Waals surface area contributed by atoms with Gasteiger partial charge in [-0.3, -0.25) is 9.78 Å². The second kappa shape index (κ2) is 6.81. The maximum absolute atomic E-state index is 12.6. The van der Waals surface area contributed by atoms with Gasteiger partial charge in [0.15, 0.2) is 5.65 Å². The van der Waals surface area contributed by atoms with Crippen molar-refractivity contribution in [1.29, 1.82) is 0 Å². The molecule has 0 fully saturated rings. The number of carbonyl (C=O) groups excluding carboxylic acids is 1. The first-order valence-corrected chi connectivity index (χ1v) is 8.74. The average Bonchev–Trinajstić information content (AvgIpc) is 3.01. The Balaban J connectivity index is 1.77. The summed E-state index contributed by atoms with van der Waals surface area (Å²) < 4.78 is 1.74. The first kappa shape index (κ1) is 17.2. The van der Waals surface area contributed by atoms with Crippen molar-refractivity contribution in [3.8, 4) is 5.69 Å². The van der Waals surface area contributed by atoms with Crippen molar-refractivity contribution in [2.24, 2.45) is 0 Å². The highest BCUT2D eigenvalue weighted by Crippen LogP contribution is 2.30. The molecule has 4 rings (SSSR count). The largest absolute Gasteiger partial charge is 0.322 e. The Morgan fingerprint density at radius 2 is 1.78 bits per heavy atom. The van der Waals surface area contributed by atoms with E-state index in [-0.39, 0.29) is 5.91 Å². The molecule has 0 unspecified atom stereocenters. The van der Waals surface area contributed by atoms with E-state index in [0.717, 1.165) is 11.3 Å². The Hall–Kier alpha value is -3.25. The molecule has 1 N–H and O–H groups in total. The smallest absolute Gasteiger partial charge is 0.258 e. The van der Waals surface area contributed by atoms with Crippen LogP contribution in [0.15, 0.2) is 55.0 Å². The average molecular weight is 378 g/mol. The molecule has 7 heteroatoms. The third kappa shape index (κ3) is 3.15. The molecule has 0 aliphatic heterocycles. The van der Waals surface area contributed by atoms with Gasteiger partial charge in [-0.15, -0.1) is 0 Å². The number of hydrogen-bond donors (Lipinski definition) is 1. The molecular formula is C20H16ClN5O. The second-order valence-electron chi connectivity index (χ2n) is 6.21. The predicted octanol–water partition coefficient (Wildman–Crippen LogP) is 4.34. The fourth-order valence-corrected chi connectivity index (χ4v) is 3.22. The normalized spacial score (nSPS) is 10.9. The van der Waals surface area contributed by atoms with Crippen LogP contribution in [0.25, 0.3) is 16.7 Å². The van der Waals surface area contributed by atoms with Crippen LogP contribution in [0, 0.1) is 13.8 Å². The number of nitrogens with one attached hydrogen (secondary N) is 1. The van der Waals surface area contributed by atoms with E-state index >= 15 is 0 Å². The number of nitrogens with zero attached hydrogens (tertiary/aromatic N) is 4. The van der Waals surface area contributed by atoms with Gasteiger partial charge in [0.05, 0.1) is 27.4 Å². The van der Waals surface area contributed by atoms with E-state index in [1.54, 1.807) is 29.2 Å². The fourth-order valence-electron chi connectivity index (χ4n) is 2.87. The molecule has 0 saturated carbocycles. The summed E-state index contributed by atoms with van der Waals surface area (Å²) in [6.07, 6.45) is 4.69. The van der Waals surface area contributed by atoms with E-state index in [4.69, 9.17) is 11.6 Å². The summed E-state index contributed by atoms with van der Waals surface area (Å²) in [4.78, 5) is 21.0. The Bertz CT molecular complexity index is 1140.